The van der Waals surface area contributed by atoms with E-state index in [1.165, 1.54) is 25.0 Å². The van der Waals surface area contributed by atoms with Crippen LogP contribution in [0.5, 0.6) is 5.75 Å². The fourth-order valence-corrected chi connectivity index (χ4v) is 3.18. The predicted molar refractivity (Wildman–Crippen MR) is 73.2 cm³/mol. The zero-order valence-corrected chi connectivity index (χ0v) is 11.4. The second-order valence-electron chi connectivity index (χ2n) is 5.60. The molecule has 20 heavy (non-hydrogen) atoms. The molecule has 1 atom stereocenters. The summed E-state index contributed by atoms with van der Waals surface area (Å²) in [6.07, 6.45) is 3.43. The number of benzene rings is 1. The standard InChI is InChI=1S/C15H19FN2O2/c16-14-9-12(19)3-4-13(14)15(20)18-8-5-11(10-18)17-6-1-2-7-17/h3-4,9,11,19H,1-2,5-8,10H2. The fraction of sp³-hybridized carbons (Fsp3) is 0.533. The van der Waals surface area contributed by atoms with E-state index in [4.69, 9.17) is 0 Å². The number of nitrogens with zero attached hydrogens (tertiary/aromatic N) is 2. The molecular formula is C15H19FN2O2. The minimum atomic E-state index is -0.653. The lowest BCUT2D eigenvalue weighted by Gasteiger charge is -2.23. The quantitative estimate of drug-likeness (QED) is 0.897. The number of phenolic OH excluding ortho intramolecular Hbond substituents is 1. The summed E-state index contributed by atoms with van der Waals surface area (Å²) < 4.78 is 13.7. The maximum Gasteiger partial charge on any atom is 0.256 e. The van der Waals surface area contributed by atoms with Crippen molar-refractivity contribution >= 4 is 5.91 Å². The maximum absolute atomic E-state index is 13.7. The third-order valence-corrected chi connectivity index (χ3v) is 4.29. The molecule has 2 aliphatic rings. The predicted octanol–water partition coefficient (Wildman–Crippen LogP) is 1.84. The molecule has 1 N–H and O–H groups in total. The molecule has 1 aromatic carbocycles. The molecule has 2 aliphatic heterocycles. The van der Waals surface area contributed by atoms with Gasteiger partial charge >= 0.3 is 0 Å². The van der Waals surface area contributed by atoms with Gasteiger partial charge in [-0.1, -0.05) is 0 Å². The first kappa shape index (κ1) is 13.4. The van der Waals surface area contributed by atoms with Crippen LogP contribution in [0.4, 0.5) is 4.39 Å². The minimum Gasteiger partial charge on any atom is -0.508 e. The van der Waals surface area contributed by atoms with Crippen molar-refractivity contribution in [1.82, 2.24) is 9.80 Å². The minimum absolute atomic E-state index is 0.0462. The topological polar surface area (TPSA) is 43.8 Å². The Balaban J connectivity index is 1.69. The number of hydrogen-bond acceptors (Lipinski definition) is 3. The molecule has 5 heteroatoms. The van der Waals surface area contributed by atoms with Gasteiger partial charge in [0.05, 0.1) is 5.56 Å². The van der Waals surface area contributed by atoms with Crippen LogP contribution in [0.1, 0.15) is 29.6 Å². The molecule has 0 radical (unpaired) electrons. The number of rotatable bonds is 2. The normalized spacial score (nSPS) is 23.4. The molecule has 2 saturated heterocycles. The van der Waals surface area contributed by atoms with Gasteiger partial charge in [0.25, 0.3) is 5.91 Å². The van der Waals surface area contributed by atoms with Crippen molar-refractivity contribution in [3.05, 3.63) is 29.6 Å². The molecule has 1 amide bonds. The summed E-state index contributed by atoms with van der Waals surface area (Å²) in [4.78, 5) is 16.5. The molecule has 2 heterocycles. The number of likely N-dealkylation sites (tertiary alicyclic amines) is 2. The smallest absolute Gasteiger partial charge is 0.256 e. The maximum atomic E-state index is 13.7. The van der Waals surface area contributed by atoms with Crippen molar-refractivity contribution in [2.45, 2.75) is 25.3 Å². The lowest BCUT2D eigenvalue weighted by Crippen LogP contribution is -2.37. The highest BCUT2D eigenvalue weighted by molar-refractivity contribution is 5.94. The second kappa shape index (κ2) is 5.40. The number of aromatic hydroxyl groups is 1. The average Bonchev–Trinajstić information content (AvgIpc) is 3.09. The molecule has 0 aliphatic carbocycles. The van der Waals surface area contributed by atoms with Gasteiger partial charge in [0.1, 0.15) is 11.6 Å². The summed E-state index contributed by atoms with van der Waals surface area (Å²) in [6, 6.07) is 4.11. The van der Waals surface area contributed by atoms with E-state index < -0.39 is 5.82 Å². The van der Waals surface area contributed by atoms with E-state index in [1.807, 2.05) is 0 Å². The van der Waals surface area contributed by atoms with Crippen molar-refractivity contribution in [3.63, 3.8) is 0 Å². The van der Waals surface area contributed by atoms with E-state index >= 15 is 0 Å². The van der Waals surface area contributed by atoms with Crippen LogP contribution in [0.3, 0.4) is 0 Å². The molecule has 0 bridgehead atoms. The summed E-state index contributed by atoms with van der Waals surface area (Å²) in [5, 5.41) is 9.20. The Morgan fingerprint density at radius 2 is 2.00 bits per heavy atom. The van der Waals surface area contributed by atoms with Gasteiger partial charge in [0.2, 0.25) is 0 Å². The molecule has 4 nitrogen and oxygen atoms in total. The number of carbonyl (C=O) groups is 1. The van der Waals surface area contributed by atoms with E-state index in [-0.39, 0.29) is 17.2 Å². The number of phenols is 1. The zero-order chi connectivity index (χ0) is 14.1. The molecule has 0 spiro atoms. The van der Waals surface area contributed by atoms with Crippen LogP contribution in [0.25, 0.3) is 0 Å². The third kappa shape index (κ3) is 2.50. The van der Waals surface area contributed by atoms with Crippen LogP contribution in [-0.4, -0.2) is 53.0 Å². The third-order valence-electron chi connectivity index (χ3n) is 4.29. The fourth-order valence-electron chi connectivity index (χ4n) is 3.18. The lowest BCUT2D eigenvalue weighted by molar-refractivity contribution is 0.0775. The monoisotopic (exact) mass is 278 g/mol. The molecule has 1 unspecified atom stereocenters. The van der Waals surface area contributed by atoms with Crippen LogP contribution in [-0.2, 0) is 0 Å². The van der Waals surface area contributed by atoms with Crippen molar-refractivity contribution < 1.29 is 14.3 Å². The lowest BCUT2D eigenvalue weighted by atomic mass is 10.2. The summed E-state index contributed by atoms with van der Waals surface area (Å²) in [5.41, 5.74) is 0.0462. The van der Waals surface area contributed by atoms with E-state index in [9.17, 15) is 14.3 Å². The van der Waals surface area contributed by atoms with Gasteiger partial charge in [-0.05, 0) is 44.5 Å². The van der Waals surface area contributed by atoms with E-state index in [0.717, 1.165) is 25.6 Å². The van der Waals surface area contributed by atoms with Crippen molar-refractivity contribution in [2.75, 3.05) is 26.2 Å². The summed E-state index contributed by atoms with van der Waals surface area (Å²) in [5.74, 6) is -1.08. The highest BCUT2D eigenvalue weighted by Crippen LogP contribution is 2.23. The number of hydrogen-bond donors (Lipinski definition) is 1. The Morgan fingerprint density at radius 1 is 1.25 bits per heavy atom. The van der Waals surface area contributed by atoms with Crippen molar-refractivity contribution in [1.29, 1.82) is 0 Å². The molecular weight excluding hydrogens is 259 g/mol. The summed E-state index contributed by atoms with van der Waals surface area (Å²) in [6.45, 7) is 3.58. The SMILES string of the molecule is O=C(c1ccc(O)cc1F)N1CCC(N2CCCC2)C1. The van der Waals surface area contributed by atoms with Crippen molar-refractivity contribution in [2.24, 2.45) is 0 Å². The summed E-state index contributed by atoms with van der Waals surface area (Å²) >= 11 is 0. The average molecular weight is 278 g/mol. The largest absolute Gasteiger partial charge is 0.508 e. The highest BCUT2D eigenvalue weighted by atomic mass is 19.1. The molecule has 108 valence electrons. The number of halogens is 1. The van der Waals surface area contributed by atoms with E-state index in [1.54, 1.807) is 4.90 Å². The van der Waals surface area contributed by atoms with Crippen LogP contribution in [0.15, 0.2) is 18.2 Å². The van der Waals surface area contributed by atoms with Crippen LogP contribution in [0, 0.1) is 5.82 Å². The highest BCUT2D eigenvalue weighted by Gasteiger charge is 2.32. The first-order valence-electron chi connectivity index (χ1n) is 7.17. The second-order valence-corrected chi connectivity index (χ2v) is 5.60. The van der Waals surface area contributed by atoms with Crippen LogP contribution >= 0.6 is 0 Å². The van der Waals surface area contributed by atoms with Crippen LogP contribution in [0.2, 0.25) is 0 Å². The molecule has 3 rings (SSSR count). The molecule has 0 saturated carbocycles. The Hall–Kier alpha value is -1.62. The van der Waals surface area contributed by atoms with Gasteiger partial charge in [-0.25, -0.2) is 4.39 Å². The molecule has 0 aromatic heterocycles. The van der Waals surface area contributed by atoms with Gasteiger partial charge in [-0.15, -0.1) is 0 Å². The van der Waals surface area contributed by atoms with Crippen molar-refractivity contribution in [3.8, 4) is 5.75 Å². The molecule has 2 fully saturated rings. The van der Waals surface area contributed by atoms with Gasteiger partial charge in [-0.3, -0.25) is 9.69 Å². The summed E-state index contributed by atoms with van der Waals surface area (Å²) in [7, 11) is 0. The van der Waals surface area contributed by atoms with Gasteiger partial charge in [-0.2, -0.15) is 0 Å². The zero-order valence-electron chi connectivity index (χ0n) is 11.4. The Labute approximate surface area is 117 Å². The number of carbonyl (C=O) groups excluding carboxylic acids is 1. The van der Waals surface area contributed by atoms with Gasteiger partial charge in [0.15, 0.2) is 0 Å². The Kier molecular flexibility index (Phi) is 3.61. The Morgan fingerprint density at radius 3 is 2.70 bits per heavy atom. The first-order valence-corrected chi connectivity index (χ1v) is 7.17. The van der Waals surface area contributed by atoms with Gasteiger partial charge < -0.3 is 10.0 Å². The van der Waals surface area contributed by atoms with E-state index in [2.05, 4.69) is 4.90 Å². The van der Waals surface area contributed by atoms with E-state index in [0.29, 0.717) is 19.1 Å². The van der Waals surface area contributed by atoms with Gasteiger partial charge in [0, 0.05) is 25.2 Å². The van der Waals surface area contributed by atoms with Crippen LogP contribution < -0.4 is 0 Å². The molecule has 1 aromatic rings. The first-order chi connectivity index (χ1) is 9.65. The number of amides is 1. The Bertz CT molecular complexity index is 515.